The molecule has 2 aromatic rings. The molecule has 0 unspecified atom stereocenters. The number of H-pyrrole nitrogens is 1. The van der Waals surface area contributed by atoms with Crippen molar-refractivity contribution in [2.75, 3.05) is 13.2 Å². The molecule has 0 saturated heterocycles. The molecule has 0 aliphatic carbocycles. The Hall–Kier alpha value is -1.99. The van der Waals surface area contributed by atoms with Crippen LogP contribution in [0.4, 0.5) is 4.39 Å². The van der Waals surface area contributed by atoms with Crippen molar-refractivity contribution in [2.24, 2.45) is 0 Å². The van der Waals surface area contributed by atoms with Crippen LogP contribution in [0.5, 0.6) is 0 Å². The molecule has 18 heavy (non-hydrogen) atoms. The van der Waals surface area contributed by atoms with Crippen LogP contribution in [0.3, 0.4) is 0 Å². The van der Waals surface area contributed by atoms with E-state index in [0.717, 1.165) is 0 Å². The number of benzene rings is 1. The van der Waals surface area contributed by atoms with Crippen molar-refractivity contribution in [3.8, 4) is 0 Å². The van der Waals surface area contributed by atoms with E-state index in [1.165, 1.54) is 12.1 Å². The zero-order chi connectivity index (χ0) is 13.1. The zero-order valence-corrected chi connectivity index (χ0v) is 9.35. The van der Waals surface area contributed by atoms with Crippen LogP contribution in [0.25, 0.3) is 10.9 Å². The summed E-state index contributed by atoms with van der Waals surface area (Å²) in [4.78, 5) is 11.7. The van der Waals surface area contributed by atoms with Gasteiger partial charge in [-0.1, -0.05) is 12.1 Å². The van der Waals surface area contributed by atoms with Gasteiger partial charge >= 0.3 is 0 Å². The Morgan fingerprint density at radius 1 is 1.56 bits per heavy atom. The van der Waals surface area contributed by atoms with E-state index < -0.39 is 24.4 Å². The van der Waals surface area contributed by atoms with E-state index in [0.29, 0.717) is 5.39 Å². The highest BCUT2D eigenvalue weighted by atomic mass is 19.1. The second-order valence-corrected chi connectivity index (χ2v) is 3.78. The van der Waals surface area contributed by atoms with Crippen molar-refractivity contribution in [1.82, 2.24) is 15.5 Å². The first-order valence-electron chi connectivity index (χ1n) is 5.33. The molecule has 0 fully saturated rings. The van der Waals surface area contributed by atoms with Crippen LogP contribution in [0, 0.1) is 5.82 Å². The fraction of sp³-hybridized carbons (Fsp3) is 0.273. The van der Waals surface area contributed by atoms with Crippen molar-refractivity contribution < 1.29 is 19.4 Å². The van der Waals surface area contributed by atoms with Crippen LogP contribution in [0.15, 0.2) is 18.2 Å². The molecule has 4 N–H and O–H groups in total. The number of nitrogens with one attached hydrogen (secondary N) is 2. The molecule has 0 aliphatic rings. The quantitative estimate of drug-likeness (QED) is 0.605. The minimum absolute atomic E-state index is 0.0506. The summed E-state index contributed by atoms with van der Waals surface area (Å²) in [6.45, 7) is -0.546. The average molecular weight is 253 g/mol. The summed E-state index contributed by atoms with van der Waals surface area (Å²) in [5.74, 6) is -1.03. The van der Waals surface area contributed by atoms with Crippen LogP contribution in [-0.4, -0.2) is 45.6 Å². The number of carbonyl (C=O) groups is 1. The summed E-state index contributed by atoms with van der Waals surface area (Å²) in [6.07, 6.45) is -1.03. The standard InChI is InChI=1S/C11H12FN3O3/c12-8-3-1-2-7-9(8)14-15-10(7)11(18)13-4-6(17)5-16/h1-3,6,16-17H,4-5H2,(H,13,18)(H,14,15)/t6-/m1/s1. The minimum atomic E-state index is -1.03. The summed E-state index contributed by atoms with van der Waals surface area (Å²) in [5.41, 5.74) is 0.208. The third-order valence-electron chi connectivity index (χ3n) is 2.47. The molecule has 1 aromatic heterocycles. The summed E-state index contributed by atoms with van der Waals surface area (Å²) in [7, 11) is 0. The van der Waals surface area contributed by atoms with Crippen LogP contribution in [0.1, 0.15) is 10.5 Å². The molecule has 0 spiro atoms. The molecule has 6 nitrogen and oxygen atoms in total. The van der Waals surface area contributed by atoms with Crippen LogP contribution < -0.4 is 5.32 Å². The number of aromatic nitrogens is 2. The first-order valence-corrected chi connectivity index (χ1v) is 5.33. The lowest BCUT2D eigenvalue weighted by molar-refractivity contribution is 0.0800. The van der Waals surface area contributed by atoms with Crippen LogP contribution >= 0.6 is 0 Å². The van der Waals surface area contributed by atoms with Gasteiger partial charge < -0.3 is 15.5 Å². The van der Waals surface area contributed by atoms with E-state index in [9.17, 15) is 9.18 Å². The predicted octanol–water partition coefficient (Wildman–Crippen LogP) is -0.215. The fourth-order valence-corrected chi connectivity index (χ4v) is 1.54. The molecule has 1 aromatic carbocycles. The summed E-state index contributed by atoms with van der Waals surface area (Å²) in [5, 5.41) is 26.7. The van der Waals surface area contributed by atoms with Crippen molar-refractivity contribution in [3.63, 3.8) is 0 Å². The van der Waals surface area contributed by atoms with Gasteiger partial charge in [0, 0.05) is 11.9 Å². The molecule has 0 aliphatic heterocycles. The predicted molar refractivity (Wildman–Crippen MR) is 61.5 cm³/mol. The summed E-state index contributed by atoms with van der Waals surface area (Å²) in [6, 6.07) is 4.31. The number of halogens is 1. The van der Waals surface area contributed by atoms with E-state index in [-0.39, 0.29) is 17.8 Å². The SMILES string of the molecule is O=C(NC[C@@H](O)CO)c1n[nH]c2c(F)cccc12. The fourth-order valence-electron chi connectivity index (χ4n) is 1.54. The Bertz CT molecular complexity index is 570. The van der Waals surface area contributed by atoms with Crippen molar-refractivity contribution in [3.05, 3.63) is 29.7 Å². The Labute approximate surface area is 101 Å². The highest BCUT2D eigenvalue weighted by Crippen LogP contribution is 2.18. The molecular formula is C11H12FN3O3. The van der Waals surface area contributed by atoms with Gasteiger partial charge in [0.25, 0.3) is 5.91 Å². The van der Waals surface area contributed by atoms with Crippen molar-refractivity contribution >= 4 is 16.8 Å². The van der Waals surface area contributed by atoms with Crippen molar-refractivity contribution in [1.29, 1.82) is 0 Å². The Morgan fingerprint density at radius 2 is 2.33 bits per heavy atom. The number of aromatic amines is 1. The van der Waals surface area contributed by atoms with Crippen LogP contribution in [-0.2, 0) is 0 Å². The monoisotopic (exact) mass is 253 g/mol. The zero-order valence-electron chi connectivity index (χ0n) is 9.35. The van der Waals surface area contributed by atoms with E-state index in [4.69, 9.17) is 10.2 Å². The normalized spacial score (nSPS) is 12.6. The van der Waals surface area contributed by atoms with Gasteiger partial charge in [-0.15, -0.1) is 0 Å². The van der Waals surface area contributed by atoms with Gasteiger partial charge in [0.15, 0.2) is 5.69 Å². The second-order valence-electron chi connectivity index (χ2n) is 3.78. The number of hydrogen-bond acceptors (Lipinski definition) is 4. The topological polar surface area (TPSA) is 98.2 Å². The lowest BCUT2D eigenvalue weighted by atomic mass is 10.2. The molecule has 0 saturated carbocycles. The molecule has 0 radical (unpaired) electrons. The van der Waals surface area contributed by atoms with E-state index in [2.05, 4.69) is 15.5 Å². The maximum absolute atomic E-state index is 13.4. The number of aliphatic hydroxyl groups is 2. The molecule has 0 bridgehead atoms. The Morgan fingerprint density at radius 3 is 3.06 bits per heavy atom. The number of aliphatic hydroxyl groups excluding tert-OH is 2. The number of nitrogens with zero attached hydrogens (tertiary/aromatic N) is 1. The Kier molecular flexibility index (Phi) is 3.54. The van der Waals surface area contributed by atoms with Crippen LogP contribution in [0.2, 0.25) is 0 Å². The molecular weight excluding hydrogens is 241 g/mol. The molecule has 7 heteroatoms. The van der Waals surface area contributed by atoms with Gasteiger partial charge in [-0.3, -0.25) is 9.89 Å². The highest BCUT2D eigenvalue weighted by molar-refractivity contribution is 6.04. The van der Waals surface area contributed by atoms with Gasteiger partial charge in [0.2, 0.25) is 0 Å². The largest absolute Gasteiger partial charge is 0.394 e. The minimum Gasteiger partial charge on any atom is -0.394 e. The van der Waals surface area contributed by atoms with E-state index >= 15 is 0 Å². The smallest absolute Gasteiger partial charge is 0.272 e. The van der Waals surface area contributed by atoms with Gasteiger partial charge in [-0.2, -0.15) is 5.10 Å². The highest BCUT2D eigenvalue weighted by Gasteiger charge is 2.16. The third kappa shape index (κ3) is 2.31. The molecule has 1 heterocycles. The number of rotatable bonds is 4. The number of fused-ring (bicyclic) bond motifs is 1. The van der Waals surface area contributed by atoms with E-state index in [1.807, 2.05) is 0 Å². The molecule has 2 rings (SSSR count). The first kappa shape index (κ1) is 12.5. The van der Waals surface area contributed by atoms with E-state index in [1.54, 1.807) is 6.07 Å². The lowest BCUT2D eigenvalue weighted by Crippen LogP contribution is -2.34. The third-order valence-corrected chi connectivity index (χ3v) is 2.47. The number of hydrogen-bond donors (Lipinski definition) is 4. The lowest BCUT2D eigenvalue weighted by Gasteiger charge is -2.07. The first-order chi connectivity index (χ1) is 8.63. The number of para-hydroxylation sites is 1. The van der Waals surface area contributed by atoms with Gasteiger partial charge in [-0.05, 0) is 6.07 Å². The molecule has 1 amide bonds. The average Bonchev–Trinajstić information content (AvgIpc) is 2.81. The molecule has 1 atom stereocenters. The summed E-state index contributed by atoms with van der Waals surface area (Å²) >= 11 is 0. The summed E-state index contributed by atoms with van der Waals surface area (Å²) < 4.78 is 13.4. The van der Waals surface area contributed by atoms with Gasteiger partial charge in [-0.25, -0.2) is 4.39 Å². The maximum Gasteiger partial charge on any atom is 0.272 e. The maximum atomic E-state index is 13.4. The van der Waals surface area contributed by atoms with Gasteiger partial charge in [0.1, 0.15) is 11.3 Å². The number of amides is 1. The molecule has 96 valence electrons. The van der Waals surface area contributed by atoms with Crippen molar-refractivity contribution in [2.45, 2.75) is 6.10 Å². The Balaban J connectivity index is 2.21. The number of carbonyl (C=O) groups excluding carboxylic acids is 1. The van der Waals surface area contributed by atoms with Gasteiger partial charge in [0.05, 0.1) is 12.7 Å². The second kappa shape index (κ2) is 5.11.